The van der Waals surface area contributed by atoms with E-state index in [1.165, 1.54) is 41.2 Å². The fraction of sp³-hybridized carbons (Fsp3) is 0.605. The van der Waals surface area contributed by atoms with Crippen molar-refractivity contribution in [3.63, 3.8) is 0 Å². The second-order valence-corrected chi connectivity index (χ2v) is 12.6. The van der Waals surface area contributed by atoms with Crippen molar-refractivity contribution in [1.29, 1.82) is 0 Å². The van der Waals surface area contributed by atoms with Gasteiger partial charge in [-0.1, -0.05) is 102 Å². The van der Waals surface area contributed by atoms with E-state index in [1.807, 2.05) is 0 Å². The fourth-order valence-corrected chi connectivity index (χ4v) is 6.12. The predicted molar refractivity (Wildman–Crippen MR) is 175 cm³/mol. The fourth-order valence-electron chi connectivity index (χ4n) is 6.12. The lowest BCUT2D eigenvalue weighted by Gasteiger charge is -2.33. The van der Waals surface area contributed by atoms with E-state index in [0.29, 0.717) is 12.3 Å². The lowest BCUT2D eigenvalue weighted by molar-refractivity contribution is -0.129. The van der Waals surface area contributed by atoms with Gasteiger partial charge in [-0.25, -0.2) is 0 Å². The molecule has 0 N–H and O–H groups in total. The Hall–Kier alpha value is -2.55. The Bertz CT molecular complexity index is 1100. The number of rotatable bonds is 10. The van der Waals surface area contributed by atoms with Gasteiger partial charge < -0.3 is 0 Å². The molecule has 1 aliphatic rings. The number of fused-ring (bicyclic) bond motifs is 1. The number of benzene rings is 2. The summed E-state index contributed by atoms with van der Waals surface area (Å²) in [6, 6.07) is 10.7. The molecular weight excluding hydrogens is 504 g/mol. The van der Waals surface area contributed by atoms with Crippen molar-refractivity contribution in [2.75, 3.05) is 0 Å². The van der Waals surface area contributed by atoms with Crippen molar-refractivity contribution in [2.24, 2.45) is 17.8 Å². The van der Waals surface area contributed by atoms with Gasteiger partial charge in [-0.05, 0) is 93.9 Å². The first kappa shape index (κ1) is 36.5. The molecule has 3 nitrogen and oxygen atoms in total. The summed E-state index contributed by atoms with van der Waals surface area (Å²) in [6.07, 6.45) is 6.45. The molecular formula is C38H58O3. The molecule has 228 valence electrons. The van der Waals surface area contributed by atoms with Crippen molar-refractivity contribution in [3.05, 3.63) is 69.3 Å². The van der Waals surface area contributed by atoms with Gasteiger partial charge in [-0.15, -0.1) is 0 Å². The van der Waals surface area contributed by atoms with Crippen LogP contribution in [-0.2, 0) is 16.0 Å². The molecule has 0 saturated carbocycles. The molecule has 0 aromatic heterocycles. The number of carbonyl (C=O) groups excluding carboxylic acids is 3. The molecule has 0 bridgehead atoms. The molecule has 3 unspecified atom stereocenters. The highest BCUT2D eigenvalue weighted by Crippen LogP contribution is 2.39. The Balaban J connectivity index is 0.000000638. The minimum atomic E-state index is -0.0744. The highest BCUT2D eigenvalue weighted by Gasteiger charge is 2.34. The molecule has 0 radical (unpaired) electrons. The van der Waals surface area contributed by atoms with Gasteiger partial charge in [0.1, 0.15) is 11.6 Å². The summed E-state index contributed by atoms with van der Waals surface area (Å²) < 4.78 is 0. The van der Waals surface area contributed by atoms with E-state index >= 15 is 0 Å². The minimum absolute atomic E-state index is 0.0428. The highest BCUT2D eigenvalue weighted by molar-refractivity contribution is 6.01. The average Bonchev–Trinajstić information content (AvgIpc) is 2.88. The van der Waals surface area contributed by atoms with Gasteiger partial charge >= 0.3 is 0 Å². The number of ketones is 3. The summed E-state index contributed by atoms with van der Waals surface area (Å²) in [4.78, 5) is 37.5. The molecule has 3 heteroatoms. The van der Waals surface area contributed by atoms with Crippen molar-refractivity contribution in [2.45, 2.75) is 133 Å². The average molecular weight is 563 g/mol. The zero-order chi connectivity index (χ0) is 31.3. The van der Waals surface area contributed by atoms with Crippen LogP contribution in [0.4, 0.5) is 0 Å². The standard InChI is InChI=1S/C27H40O3.C8H10.C3H8/c1-8-10-21(22(9-2)25(29)12-18(6)28)13-20-14-24-23(16(3)4)11-17(5)19(7)27(24)26(30)15-20;1-7-3-5-8(2)6-4-7;1-3-2/h11,16,20-22H,8-10,12-15H2,1-7H3;3-6H,1-2H3;3H2,1-2H3. The van der Waals surface area contributed by atoms with E-state index in [-0.39, 0.29) is 41.5 Å². The quantitative estimate of drug-likeness (QED) is 0.271. The van der Waals surface area contributed by atoms with E-state index in [1.54, 1.807) is 0 Å². The number of hydrogen-bond donors (Lipinski definition) is 0. The van der Waals surface area contributed by atoms with Gasteiger partial charge in [0.05, 0.1) is 6.42 Å². The van der Waals surface area contributed by atoms with Gasteiger partial charge in [0.25, 0.3) is 0 Å². The molecule has 0 amide bonds. The van der Waals surface area contributed by atoms with Crippen LogP contribution in [0.2, 0.25) is 0 Å². The SMILES string of the molecule is CCC.CCCC(CC1CC(=O)c2c(C)c(C)cc(C(C)C)c2C1)C(CC)C(=O)CC(C)=O.Cc1ccc(C)cc1. The van der Waals surface area contributed by atoms with Gasteiger partial charge in [0.2, 0.25) is 0 Å². The normalized spacial score (nSPS) is 15.6. The van der Waals surface area contributed by atoms with E-state index in [0.717, 1.165) is 43.2 Å². The lowest BCUT2D eigenvalue weighted by atomic mass is 9.70. The van der Waals surface area contributed by atoms with Crippen LogP contribution in [0.1, 0.15) is 143 Å². The summed E-state index contributed by atoms with van der Waals surface area (Å²) in [5.74, 6) is 1.14. The van der Waals surface area contributed by atoms with Gasteiger partial charge in [0, 0.05) is 17.9 Å². The maximum Gasteiger partial charge on any atom is 0.163 e. The Kier molecular flexibility index (Phi) is 16.1. The van der Waals surface area contributed by atoms with Crippen LogP contribution >= 0.6 is 0 Å². The van der Waals surface area contributed by atoms with Crippen LogP contribution in [0, 0.1) is 45.4 Å². The smallest absolute Gasteiger partial charge is 0.163 e. The van der Waals surface area contributed by atoms with Gasteiger partial charge in [-0.3, -0.25) is 14.4 Å². The van der Waals surface area contributed by atoms with Gasteiger partial charge in [-0.2, -0.15) is 0 Å². The molecule has 41 heavy (non-hydrogen) atoms. The van der Waals surface area contributed by atoms with Crippen LogP contribution in [-0.4, -0.2) is 17.3 Å². The first-order chi connectivity index (χ1) is 19.3. The lowest BCUT2D eigenvalue weighted by Crippen LogP contribution is -2.30. The third-order valence-electron chi connectivity index (χ3n) is 8.22. The molecule has 3 rings (SSSR count). The van der Waals surface area contributed by atoms with Crippen LogP contribution in [0.5, 0.6) is 0 Å². The van der Waals surface area contributed by atoms with E-state index < -0.39 is 0 Å². The molecule has 2 aromatic carbocycles. The van der Waals surface area contributed by atoms with Crippen molar-refractivity contribution < 1.29 is 14.4 Å². The van der Waals surface area contributed by atoms with Crippen LogP contribution in [0.3, 0.4) is 0 Å². The Morgan fingerprint density at radius 1 is 0.902 bits per heavy atom. The zero-order valence-electron chi connectivity index (χ0n) is 28.1. The maximum atomic E-state index is 13.2. The van der Waals surface area contributed by atoms with Crippen LogP contribution < -0.4 is 0 Å². The first-order valence-electron chi connectivity index (χ1n) is 16.0. The number of carbonyl (C=O) groups is 3. The Morgan fingerprint density at radius 3 is 1.88 bits per heavy atom. The third-order valence-corrected chi connectivity index (χ3v) is 8.22. The van der Waals surface area contributed by atoms with E-state index in [2.05, 4.69) is 99.6 Å². The summed E-state index contributed by atoms with van der Waals surface area (Å²) in [5, 5.41) is 0. The number of Topliss-reactive ketones (excluding diaryl/α,β-unsaturated/α-hetero) is 3. The second kappa shape index (κ2) is 18.1. The largest absolute Gasteiger partial charge is 0.300 e. The molecule has 0 saturated heterocycles. The Morgan fingerprint density at radius 2 is 1.44 bits per heavy atom. The summed E-state index contributed by atoms with van der Waals surface area (Å²) in [6.45, 7) is 22.7. The third kappa shape index (κ3) is 11.3. The highest BCUT2D eigenvalue weighted by atomic mass is 16.1. The van der Waals surface area contributed by atoms with Gasteiger partial charge in [0.15, 0.2) is 5.78 Å². The summed E-state index contributed by atoms with van der Waals surface area (Å²) in [7, 11) is 0. The Labute approximate surface area is 251 Å². The van der Waals surface area contributed by atoms with Crippen molar-refractivity contribution in [3.8, 4) is 0 Å². The topological polar surface area (TPSA) is 51.2 Å². The maximum absolute atomic E-state index is 13.2. The molecule has 0 fully saturated rings. The summed E-state index contributed by atoms with van der Waals surface area (Å²) >= 11 is 0. The molecule has 0 heterocycles. The van der Waals surface area contributed by atoms with Crippen molar-refractivity contribution in [1.82, 2.24) is 0 Å². The molecule has 0 aliphatic heterocycles. The second-order valence-electron chi connectivity index (χ2n) is 12.6. The molecule has 1 aliphatic carbocycles. The zero-order valence-corrected chi connectivity index (χ0v) is 28.1. The van der Waals surface area contributed by atoms with Crippen LogP contribution in [0.25, 0.3) is 0 Å². The summed E-state index contributed by atoms with van der Waals surface area (Å²) in [5.41, 5.74) is 8.50. The first-order valence-corrected chi connectivity index (χ1v) is 16.0. The molecule has 0 spiro atoms. The number of aryl methyl sites for hydroxylation is 3. The van der Waals surface area contributed by atoms with E-state index in [4.69, 9.17) is 0 Å². The van der Waals surface area contributed by atoms with Crippen molar-refractivity contribution >= 4 is 17.3 Å². The monoisotopic (exact) mass is 562 g/mol. The van der Waals surface area contributed by atoms with Crippen LogP contribution in [0.15, 0.2) is 30.3 Å². The molecule has 3 atom stereocenters. The number of hydrogen-bond acceptors (Lipinski definition) is 3. The predicted octanol–water partition coefficient (Wildman–Crippen LogP) is 10.3. The molecule has 2 aromatic rings. The minimum Gasteiger partial charge on any atom is -0.300 e. The van der Waals surface area contributed by atoms with E-state index in [9.17, 15) is 14.4 Å².